The molecule has 0 spiro atoms. The number of alkyl halides is 1. The summed E-state index contributed by atoms with van der Waals surface area (Å²) in [5.74, 6) is 4.33. The first-order valence-corrected chi connectivity index (χ1v) is 17.9. The topological polar surface area (TPSA) is 166 Å². The normalized spacial score (nSPS) is 16.1. The van der Waals surface area contributed by atoms with Crippen molar-refractivity contribution in [3.8, 4) is 23.0 Å². The largest absolute Gasteiger partial charge is 0.504 e. The first kappa shape index (κ1) is 39.2. The Bertz CT molecular complexity index is 1670. The number of nitrogens with zero attached hydrogens (tertiary/aromatic N) is 4. The van der Waals surface area contributed by atoms with Gasteiger partial charge in [0.2, 0.25) is 11.9 Å². The Kier molecular flexibility index (Phi) is 15.6. The van der Waals surface area contributed by atoms with Gasteiger partial charge in [-0.25, -0.2) is 9.97 Å². The zero-order valence-corrected chi connectivity index (χ0v) is 31.7. The fourth-order valence-electron chi connectivity index (χ4n) is 5.12. The summed E-state index contributed by atoms with van der Waals surface area (Å²) < 4.78 is 27.1. The molecular weight excluding hydrogens is 720 g/mol. The molecule has 2 aliphatic heterocycles. The van der Waals surface area contributed by atoms with Crippen LogP contribution in [-0.4, -0.2) is 90.7 Å². The number of aromatic nitrogens is 4. The zero-order chi connectivity index (χ0) is 36.6. The van der Waals surface area contributed by atoms with E-state index in [-0.39, 0.29) is 11.9 Å². The van der Waals surface area contributed by atoms with Gasteiger partial charge in [0.1, 0.15) is 18.2 Å². The molecule has 2 unspecified atom stereocenters. The molecule has 5 N–H and O–H groups in total. The van der Waals surface area contributed by atoms with Crippen LogP contribution in [0.15, 0.2) is 48.5 Å². The van der Waals surface area contributed by atoms with Gasteiger partial charge in [-0.15, -0.1) is 0 Å². The number of rotatable bonds is 12. The second-order valence-electron chi connectivity index (χ2n) is 11.7. The Balaban J connectivity index is 0.000000197. The second-order valence-corrected chi connectivity index (χ2v) is 12.3. The summed E-state index contributed by atoms with van der Waals surface area (Å²) in [4.78, 5) is 17.4. The number of aryl methyl sites for hydroxylation is 2. The minimum absolute atomic E-state index is 0.0639. The molecule has 4 aromatic rings. The van der Waals surface area contributed by atoms with E-state index >= 15 is 0 Å². The van der Waals surface area contributed by atoms with Crippen LogP contribution in [0, 0.1) is 13.8 Å². The van der Waals surface area contributed by atoms with Crippen LogP contribution in [0.3, 0.4) is 0 Å². The van der Waals surface area contributed by atoms with Crippen molar-refractivity contribution in [2.24, 2.45) is 0 Å². The van der Waals surface area contributed by atoms with Gasteiger partial charge in [0.25, 0.3) is 0 Å². The van der Waals surface area contributed by atoms with Crippen LogP contribution in [0.4, 0.5) is 34.9 Å². The molecule has 2 saturated heterocycles. The molecule has 51 heavy (non-hydrogen) atoms. The number of phenols is 1. The third kappa shape index (κ3) is 12.6. The van der Waals surface area contributed by atoms with Gasteiger partial charge < -0.3 is 50.1 Å². The average molecular weight is 770 g/mol. The third-order valence-corrected chi connectivity index (χ3v) is 8.44. The summed E-state index contributed by atoms with van der Waals surface area (Å²) in [6.45, 7) is 6.11. The molecule has 0 aliphatic carbocycles. The Labute approximate surface area is 308 Å². The summed E-state index contributed by atoms with van der Waals surface area (Å²) in [6.07, 6.45) is 5.27. The first-order valence-electron chi connectivity index (χ1n) is 16.8. The van der Waals surface area contributed by atoms with E-state index in [1.54, 1.807) is 32.4 Å². The highest BCUT2D eigenvalue weighted by molar-refractivity contribution is 9.09. The average Bonchev–Trinajstić information content (AvgIpc) is 3.86. The molecule has 2 aliphatic rings. The third-order valence-electron chi connectivity index (χ3n) is 7.72. The molecule has 2 aromatic carbocycles. The van der Waals surface area contributed by atoms with E-state index in [2.05, 4.69) is 57.1 Å². The SMILES string of the molecule is BrCC1CCCO1.CNc1cc(C)nc(Nc2ccc(OC)c(O)c2)n1.CNc1cc(C)nc(Nc2ccc(OC)c(OCC3CCCO3)c2)n1. The van der Waals surface area contributed by atoms with Crippen molar-refractivity contribution in [1.29, 1.82) is 0 Å². The lowest BCUT2D eigenvalue weighted by Crippen LogP contribution is -2.16. The van der Waals surface area contributed by atoms with E-state index < -0.39 is 0 Å². The molecule has 4 heterocycles. The van der Waals surface area contributed by atoms with Gasteiger partial charge in [-0.1, -0.05) is 15.9 Å². The number of hydrogen-bond donors (Lipinski definition) is 5. The lowest BCUT2D eigenvalue weighted by molar-refractivity contribution is 0.0670. The van der Waals surface area contributed by atoms with E-state index in [9.17, 15) is 5.11 Å². The molecule has 0 saturated carbocycles. The quantitative estimate of drug-likeness (QED) is 0.0937. The number of hydrogen-bond acceptors (Lipinski definition) is 14. The summed E-state index contributed by atoms with van der Waals surface area (Å²) in [7, 11) is 6.76. The standard InChI is InChI=1S/C18H24N4O3.C13H16N4O2.C5H9BrO/c1-12-9-17(19-2)22-18(20-12)21-13-6-7-15(23-3)16(10-13)25-11-14-5-4-8-24-14;1-8-6-12(14-2)17-13(15-8)16-9-4-5-11(19-3)10(18)7-9;6-4-5-2-1-3-7-5/h6-7,9-10,14H,4-5,8,11H2,1-3H3,(H2,19,20,21,22);4-7,18H,1-3H3,(H2,14,15,16,17);5H,1-4H2. The Morgan fingerprint density at radius 1 is 0.725 bits per heavy atom. The molecule has 2 fully saturated rings. The van der Waals surface area contributed by atoms with Gasteiger partial charge in [-0.2, -0.15) is 9.97 Å². The molecule has 15 heteroatoms. The molecule has 14 nitrogen and oxygen atoms in total. The number of phenolic OH excluding ortho intramolecular Hbond substituents is 1. The van der Waals surface area contributed by atoms with Crippen molar-refractivity contribution in [2.75, 3.05) is 74.7 Å². The fraction of sp³-hybridized carbons (Fsp3) is 0.444. The number of ether oxygens (including phenoxy) is 5. The van der Waals surface area contributed by atoms with Crippen LogP contribution >= 0.6 is 15.9 Å². The minimum atomic E-state index is 0.0639. The predicted molar refractivity (Wildman–Crippen MR) is 204 cm³/mol. The fourth-order valence-corrected chi connectivity index (χ4v) is 5.63. The molecule has 2 atom stereocenters. The van der Waals surface area contributed by atoms with Gasteiger partial charge in [0, 0.05) is 79.7 Å². The van der Waals surface area contributed by atoms with Crippen LogP contribution in [0.25, 0.3) is 0 Å². The highest BCUT2D eigenvalue weighted by atomic mass is 79.9. The molecule has 2 aromatic heterocycles. The van der Waals surface area contributed by atoms with E-state index in [0.29, 0.717) is 47.5 Å². The van der Waals surface area contributed by atoms with E-state index in [0.717, 1.165) is 60.1 Å². The lowest BCUT2D eigenvalue weighted by Gasteiger charge is -2.15. The minimum Gasteiger partial charge on any atom is -0.504 e. The smallest absolute Gasteiger partial charge is 0.229 e. The van der Waals surface area contributed by atoms with Gasteiger partial charge >= 0.3 is 0 Å². The van der Waals surface area contributed by atoms with E-state index in [1.807, 2.05) is 51.2 Å². The monoisotopic (exact) mass is 768 g/mol. The van der Waals surface area contributed by atoms with E-state index in [4.69, 9.17) is 23.7 Å². The summed E-state index contributed by atoms with van der Waals surface area (Å²) in [5.41, 5.74) is 3.24. The Hall–Kier alpha value is -4.60. The van der Waals surface area contributed by atoms with Gasteiger partial charge in [-0.05, 0) is 63.8 Å². The molecular formula is C36H49BrN8O6. The van der Waals surface area contributed by atoms with Gasteiger partial charge in [0.15, 0.2) is 23.0 Å². The number of anilines is 6. The number of methoxy groups -OCH3 is 2. The van der Waals surface area contributed by atoms with Crippen LogP contribution in [0.1, 0.15) is 37.1 Å². The van der Waals surface area contributed by atoms with Crippen molar-refractivity contribution in [3.05, 3.63) is 59.9 Å². The molecule has 276 valence electrons. The van der Waals surface area contributed by atoms with Gasteiger partial charge in [-0.3, -0.25) is 0 Å². The van der Waals surface area contributed by atoms with Crippen LogP contribution in [0.5, 0.6) is 23.0 Å². The summed E-state index contributed by atoms with van der Waals surface area (Å²) in [6, 6.07) is 14.4. The van der Waals surface area contributed by atoms with Gasteiger partial charge in [0.05, 0.1) is 26.4 Å². The zero-order valence-electron chi connectivity index (χ0n) is 30.1. The maximum atomic E-state index is 9.71. The van der Waals surface area contributed by atoms with Crippen LogP contribution in [0.2, 0.25) is 0 Å². The number of benzene rings is 2. The highest BCUT2D eigenvalue weighted by Crippen LogP contribution is 2.32. The van der Waals surface area contributed by atoms with Crippen LogP contribution < -0.4 is 35.5 Å². The van der Waals surface area contributed by atoms with Crippen molar-refractivity contribution in [2.45, 2.75) is 51.7 Å². The maximum absolute atomic E-state index is 9.71. The molecule has 0 bridgehead atoms. The highest BCUT2D eigenvalue weighted by Gasteiger charge is 2.17. The van der Waals surface area contributed by atoms with Crippen LogP contribution in [-0.2, 0) is 9.47 Å². The maximum Gasteiger partial charge on any atom is 0.229 e. The number of aromatic hydroxyl groups is 1. The summed E-state index contributed by atoms with van der Waals surface area (Å²) >= 11 is 3.35. The lowest BCUT2D eigenvalue weighted by atomic mass is 10.2. The van der Waals surface area contributed by atoms with Crippen molar-refractivity contribution in [1.82, 2.24) is 19.9 Å². The second kappa shape index (κ2) is 20.3. The number of nitrogens with one attached hydrogen (secondary N) is 4. The molecule has 6 rings (SSSR count). The predicted octanol–water partition coefficient (Wildman–Crippen LogP) is 6.98. The molecule has 0 amide bonds. The van der Waals surface area contributed by atoms with E-state index in [1.165, 1.54) is 20.0 Å². The van der Waals surface area contributed by atoms with Crippen molar-refractivity contribution < 1.29 is 28.8 Å². The molecule has 0 radical (unpaired) electrons. The summed E-state index contributed by atoms with van der Waals surface area (Å²) in [5, 5.41) is 22.9. The number of halogens is 1. The first-order chi connectivity index (χ1) is 24.7. The van der Waals surface area contributed by atoms with Crippen molar-refractivity contribution in [3.63, 3.8) is 0 Å². The Morgan fingerprint density at radius 3 is 1.71 bits per heavy atom. The Morgan fingerprint density at radius 2 is 1.25 bits per heavy atom. The van der Waals surface area contributed by atoms with Crippen molar-refractivity contribution >= 4 is 50.8 Å².